The SMILES string of the molecule is N[C@@H]1C(=O)N2C(C(=O)Cl)=C(/C=C/C[n+]3cccc4ccccc43)CS[C@H]12. The highest BCUT2D eigenvalue weighted by molar-refractivity contribution is 8.00. The van der Waals surface area contributed by atoms with Gasteiger partial charge >= 0.3 is 0 Å². The minimum atomic E-state index is -0.618. The molecule has 132 valence electrons. The number of nitrogens with zero attached hydrogens (tertiary/aromatic N) is 2. The predicted octanol–water partition coefficient (Wildman–Crippen LogP) is 1.95. The first-order valence-corrected chi connectivity index (χ1v) is 9.67. The largest absolute Gasteiger partial charge is 0.317 e. The molecule has 0 unspecified atom stereocenters. The van der Waals surface area contributed by atoms with Gasteiger partial charge in [-0.25, -0.2) is 0 Å². The van der Waals surface area contributed by atoms with Gasteiger partial charge in [0.2, 0.25) is 11.4 Å². The summed E-state index contributed by atoms with van der Waals surface area (Å²) in [6.45, 7) is 0.649. The molecule has 7 heteroatoms. The van der Waals surface area contributed by atoms with Crippen molar-refractivity contribution in [2.45, 2.75) is 18.0 Å². The van der Waals surface area contributed by atoms with Gasteiger partial charge in [0, 0.05) is 23.3 Å². The average molecular weight is 387 g/mol. The van der Waals surface area contributed by atoms with Gasteiger partial charge in [0.05, 0.1) is 0 Å². The third-order valence-corrected chi connectivity index (χ3v) is 6.14. The van der Waals surface area contributed by atoms with E-state index < -0.39 is 11.3 Å². The molecular weight excluding hydrogens is 370 g/mol. The van der Waals surface area contributed by atoms with Crippen molar-refractivity contribution < 1.29 is 14.2 Å². The fourth-order valence-corrected chi connectivity index (χ4v) is 4.81. The number of allylic oxidation sites excluding steroid dienone is 3. The number of halogens is 1. The topological polar surface area (TPSA) is 67.3 Å². The van der Waals surface area contributed by atoms with Gasteiger partial charge in [0.25, 0.3) is 5.24 Å². The Balaban J connectivity index is 1.61. The van der Waals surface area contributed by atoms with Gasteiger partial charge in [-0.05, 0) is 35.4 Å². The molecule has 0 radical (unpaired) electrons. The highest BCUT2D eigenvalue weighted by Crippen LogP contribution is 2.40. The molecule has 2 aliphatic rings. The number of hydrogen-bond donors (Lipinski definition) is 1. The smallest absolute Gasteiger partial charge is 0.269 e. The number of carbonyl (C=O) groups excluding carboxylic acids is 2. The molecule has 0 bridgehead atoms. The van der Waals surface area contributed by atoms with E-state index in [2.05, 4.69) is 22.8 Å². The van der Waals surface area contributed by atoms with E-state index in [1.54, 1.807) is 11.8 Å². The highest BCUT2D eigenvalue weighted by atomic mass is 35.5. The summed E-state index contributed by atoms with van der Waals surface area (Å²) in [7, 11) is 0. The number of para-hydroxylation sites is 1. The molecule has 1 saturated heterocycles. The lowest BCUT2D eigenvalue weighted by Gasteiger charge is -2.48. The molecule has 1 fully saturated rings. The summed E-state index contributed by atoms with van der Waals surface area (Å²) in [5.74, 6) is 0.354. The lowest BCUT2D eigenvalue weighted by molar-refractivity contribution is -0.661. The van der Waals surface area contributed by atoms with Crippen molar-refractivity contribution in [2.75, 3.05) is 5.75 Å². The number of benzene rings is 1. The summed E-state index contributed by atoms with van der Waals surface area (Å²) >= 11 is 7.31. The quantitative estimate of drug-likeness (QED) is 0.495. The molecule has 0 saturated carbocycles. The van der Waals surface area contributed by atoms with Crippen LogP contribution in [0.3, 0.4) is 0 Å². The number of carbonyl (C=O) groups is 2. The van der Waals surface area contributed by atoms with E-state index >= 15 is 0 Å². The lowest BCUT2D eigenvalue weighted by atomic mass is 10.0. The normalized spacial score (nSPS) is 22.7. The number of pyridine rings is 1. The number of fused-ring (bicyclic) bond motifs is 2. The zero-order valence-electron chi connectivity index (χ0n) is 13.8. The zero-order valence-corrected chi connectivity index (χ0v) is 15.4. The number of thioether (sulfide) groups is 1. The summed E-state index contributed by atoms with van der Waals surface area (Å²) in [6.07, 6.45) is 5.87. The first-order chi connectivity index (χ1) is 12.6. The van der Waals surface area contributed by atoms with Crippen molar-refractivity contribution >= 4 is 45.4 Å². The molecule has 1 aromatic heterocycles. The molecule has 0 aliphatic carbocycles. The van der Waals surface area contributed by atoms with Crippen LogP contribution in [0.4, 0.5) is 0 Å². The van der Waals surface area contributed by atoms with Gasteiger partial charge < -0.3 is 5.73 Å². The third-order valence-electron chi connectivity index (χ3n) is 4.63. The van der Waals surface area contributed by atoms with Crippen LogP contribution in [0.15, 0.2) is 66.0 Å². The van der Waals surface area contributed by atoms with Crippen LogP contribution in [-0.2, 0) is 16.1 Å². The van der Waals surface area contributed by atoms with Crippen LogP contribution in [-0.4, -0.2) is 33.2 Å². The van der Waals surface area contributed by atoms with E-state index in [1.807, 2.05) is 36.5 Å². The van der Waals surface area contributed by atoms with Gasteiger partial charge in [-0.2, -0.15) is 4.57 Å². The van der Waals surface area contributed by atoms with Gasteiger partial charge in [-0.3, -0.25) is 14.5 Å². The molecule has 1 aromatic carbocycles. The van der Waals surface area contributed by atoms with Crippen LogP contribution in [0.5, 0.6) is 0 Å². The maximum absolute atomic E-state index is 12.0. The second-order valence-corrected chi connectivity index (χ2v) is 7.65. The van der Waals surface area contributed by atoms with Gasteiger partial charge in [0.1, 0.15) is 17.1 Å². The Morgan fingerprint density at radius 1 is 1.35 bits per heavy atom. The second kappa shape index (κ2) is 6.87. The Kier molecular flexibility index (Phi) is 4.56. The van der Waals surface area contributed by atoms with Crippen molar-refractivity contribution in [3.63, 3.8) is 0 Å². The molecule has 3 heterocycles. The van der Waals surface area contributed by atoms with Crippen molar-refractivity contribution in [1.82, 2.24) is 4.90 Å². The van der Waals surface area contributed by atoms with E-state index in [1.165, 1.54) is 4.90 Å². The first-order valence-electron chi connectivity index (χ1n) is 8.25. The number of aromatic nitrogens is 1. The Morgan fingerprint density at radius 3 is 2.92 bits per heavy atom. The van der Waals surface area contributed by atoms with Crippen LogP contribution in [0.2, 0.25) is 0 Å². The van der Waals surface area contributed by atoms with Crippen molar-refractivity contribution in [1.29, 1.82) is 0 Å². The first kappa shape index (κ1) is 17.3. The number of β-lactam (4-membered cyclic amide) rings is 1. The predicted molar refractivity (Wildman–Crippen MR) is 102 cm³/mol. The van der Waals surface area contributed by atoms with E-state index in [0.717, 1.165) is 16.5 Å². The minimum absolute atomic E-state index is 0.190. The minimum Gasteiger partial charge on any atom is -0.317 e. The third kappa shape index (κ3) is 2.84. The number of nitrogens with two attached hydrogens (primary N) is 1. The summed E-state index contributed by atoms with van der Waals surface area (Å²) in [5.41, 5.74) is 7.95. The maximum Gasteiger partial charge on any atom is 0.269 e. The van der Waals surface area contributed by atoms with Crippen LogP contribution < -0.4 is 10.3 Å². The fourth-order valence-electron chi connectivity index (χ4n) is 3.34. The van der Waals surface area contributed by atoms with Crippen molar-refractivity contribution in [3.8, 4) is 0 Å². The number of hydrogen-bond acceptors (Lipinski definition) is 4. The average Bonchev–Trinajstić information content (AvgIpc) is 2.66. The Morgan fingerprint density at radius 2 is 2.12 bits per heavy atom. The van der Waals surface area contributed by atoms with Crippen LogP contribution in [0.1, 0.15) is 0 Å². The highest BCUT2D eigenvalue weighted by Gasteiger charge is 2.51. The molecule has 26 heavy (non-hydrogen) atoms. The molecule has 0 spiro atoms. The maximum atomic E-state index is 12.0. The van der Waals surface area contributed by atoms with Gasteiger partial charge in [-0.15, -0.1) is 11.8 Å². The second-order valence-electron chi connectivity index (χ2n) is 6.20. The number of rotatable bonds is 4. The number of amides is 1. The molecule has 2 atom stereocenters. The molecule has 2 aliphatic heterocycles. The van der Waals surface area contributed by atoms with Gasteiger partial charge in [0.15, 0.2) is 12.7 Å². The van der Waals surface area contributed by atoms with E-state index in [0.29, 0.717) is 12.3 Å². The molecule has 2 aromatic rings. The zero-order chi connectivity index (χ0) is 18.3. The molecule has 1 amide bonds. The van der Waals surface area contributed by atoms with Gasteiger partial charge in [-0.1, -0.05) is 18.2 Å². The molecule has 2 N–H and O–H groups in total. The molecular formula is C19H17ClN3O2S+. The Bertz CT molecular complexity index is 967. The summed E-state index contributed by atoms with van der Waals surface area (Å²) in [4.78, 5) is 25.3. The van der Waals surface area contributed by atoms with Crippen molar-refractivity contribution in [2.24, 2.45) is 5.73 Å². The van der Waals surface area contributed by atoms with E-state index in [9.17, 15) is 9.59 Å². The summed E-state index contributed by atoms with van der Waals surface area (Å²) < 4.78 is 2.12. The summed E-state index contributed by atoms with van der Waals surface area (Å²) in [6, 6.07) is 11.7. The molecule has 4 rings (SSSR count). The van der Waals surface area contributed by atoms with Crippen molar-refractivity contribution in [3.05, 3.63) is 66.0 Å². The standard InChI is InChI=1S/C19H17ClN3O2S/c20-17(24)16-13(11-26-19-15(21)18(25)23(16)19)7-4-10-22-9-3-6-12-5-1-2-8-14(12)22/h1-9,15,19H,10-11,21H2/q+1/b7-4+/t15-,19-/m1/s1. The Hall–Kier alpha value is -2.15. The van der Waals surface area contributed by atoms with E-state index in [-0.39, 0.29) is 17.0 Å². The summed E-state index contributed by atoms with van der Waals surface area (Å²) in [5, 5.41) is 0.355. The van der Waals surface area contributed by atoms with Crippen LogP contribution >= 0.6 is 23.4 Å². The lowest BCUT2D eigenvalue weighted by Crippen LogP contribution is -2.68. The monoisotopic (exact) mass is 386 g/mol. The van der Waals surface area contributed by atoms with E-state index in [4.69, 9.17) is 17.3 Å². The Labute approximate surface area is 160 Å². The van der Waals surface area contributed by atoms with Crippen LogP contribution in [0.25, 0.3) is 10.9 Å². The molecule has 5 nitrogen and oxygen atoms in total. The van der Waals surface area contributed by atoms with Crippen LogP contribution in [0, 0.1) is 0 Å². The fraction of sp³-hybridized carbons (Fsp3) is 0.211.